The van der Waals surface area contributed by atoms with Gasteiger partial charge in [0, 0.05) is 12.2 Å². The predicted molar refractivity (Wildman–Crippen MR) is 94.8 cm³/mol. The number of hydrogen-bond acceptors (Lipinski definition) is 3. The third-order valence-corrected chi connectivity index (χ3v) is 3.70. The van der Waals surface area contributed by atoms with Gasteiger partial charge in [0.1, 0.15) is 0 Å². The molecule has 0 spiro atoms. The van der Waals surface area contributed by atoms with Crippen LogP contribution in [0.4, 0.5) is 5.69 Å². The normalized spacial score (nSPS) is 12.0. The van der Waals surface area contributed by atoms with Crippen LogP contribution in [-0.4, -0.2) is 42.0 Å². The molecule has 2 rings (SSSR count). The number of carbonyl (C=O) groups is 2. The zero-order valence-corrected chi connectivity index (χ0v) is 13.9. The summed E-state index contributed by atoms with van der Waals surface area (Å²) in [5, 5.41) is 11.7. The molecule has 0 aliphatic carbocycles. The molecular weight excluding hydrogens is 304 g/mol. The number of nitrogens with one attached hydrogen (secondary N) is 1. The molecule has 2 aromatic carbocycles. The Balaban J connectivity index is 1.89. The second kappa shape index (κ2) is 8.26. The summed E-state index contributed by atoms with van der Waals surface area (Å²) in [6, 6.07) is 17.7. The Kier molecular flexibility index (Phi) is 6.09. The molecule has 1 atom stereocenters. The molecule has 0 aliphatic heterocycles. The number of aliphatic carboxylic acids is 1. The molecule has 24 heavy (non-hydrogen) atoms. The molecule has 0 radical (unpaired) electrons. The summed E-state index contributed by atoms with van der Waals surface area (Å²) in [7, 11) is 1.73. The van der Waals surface area contributed by atoms with Gasteiger partial charge in [-0.15, -0.1) is 0 Å². The molecule has 1 unspecified atom stereocenters. The topological polar surface area (TPSA) is 69.6 Å². The molecule has 0 aliphatic rings. The summed E-state index contributed by atoms with van der Waals surface area (Å²) < 4.78 is 0. The first-order chi connectivity index (χ1) is 11.5. The number of amides is 1. The third-order valence-electron chi connectivity index (χ3n) is 3.70. The molecule has 5 nitrogen and oxygen atoms in total. The van der Waals surface area contributed by atoms with Crippen LogP contribution < -0.4 is 5.32 Å². The molecule has 5 heteroatoms. The van der Waals surface area contributed by atoms with Gasteiger partial charge in [0.15, 0.2) is 0 Å². The van der Waals surface area contributed by atoms with Crippen LogP contribution >= 0.6 is 0 Å². The fraction of sp³-hybridized carbons (Fsp3) is 0.263. The second-order valence-corrected chi connectivity index (χ2v) is 5.93. The van der Waals surface area contributed by atoms with Crippen molar-refractivity contribution in [3.63, 3.8) is 0 Å². The number of hydrogen-bond donors (Lipinski definition) is 2. The lowest BCUT2D eigenvalue weighted by Crippen LogP contribution is -2.35. The predicted octanol–water partition coefficient (Wildman–Crippen LogP) is 2.94. The van der Waals surface area contributed by atoms with Crippen molar-refractivity contribution >= 4 is 17.6 Å². The maximum Gasteiger partial charge on any atom is 0.307 e. The van der Waals surface area contributed by atoms with Gasteiger partial charge < -0.3 is 10.4 Å². The summed E-state index contributed by atoms with van der Waals surface area (Å²) >= 11 is 0. The number of carboxylic acid groups (broad SMARTS) is 1. The van der Waals surface area contributed by atoms with Gasteiger partial charge in [-0.1, -0.05) is 49.4 Å². The Morgan fingerprint density at radius 2 is 1.62 bits per heavy atom. The Bertz CT molecular complexity index is 684. The summed E-state index contributed by atoms with van der Waals surface area (Å²) in [6.45, 7) is 2.10. The van der Waals surface area contributed by atoms with E-state index in [0.29, 0.717) is 6.54 Å². The van der Waals surface area contributed by atoms with Gasteiger partial charge in [-0.2, -0.15) is 0 Å². The van der Waals surface area contributed by atoms with E-state index in [-0.39, 0.29) is 12.5 Å². The molecule has 0 heterocycles. The molecule has 0 fully saturated rings. The second-order valence-electron chi connectivity index (χ2n) is 5.93. The Morgan fingerprint density at radius 1 is 1.04 bits per heavy atom. The Hall–Kier alpha value is -2.66. The highest BCUT2D eigenvalue weighted by molar-refractivity contribution is 5.92. The third kappa shape index (κ3) is 5.21. The van der Waals surface area contributed by atoms with E-state index in [0.717, 1.165) is 16.8 Å². The molecule has 2 aromatic rings. The minimum absolute atomic E-state index is 0.151. The summed E-state index contributed by atoms with van der Waals surface area (Å²) in [4.78, 5) is 24.6. The van der Waals surface area contributed by atoms with E-state index in [1.54, 1.807) is 18.9 Å². The Labute approximate surface area is 141 Å². The summed E-state index contributed by atoms with van der Waals surface area (Å²) in [6.07, 6.45) is 0. The molecular formula is C19H22N2O3. The van der Waals surface area contributed by atoms with Crippen molar-refractivity contribution in [1.29, 1.82) is 0 Å². The molecule has 0 aromatic heterocycles. The molecule has 126 valence electrons. The Morgan fingerprint density at radius 3 is 2.21 bits per heavy atom. The molecule has 1 amide bonds. The van der Waals surface area contributed by atoms with Crippen molar-refractivity contribution < 1.29 is 14.7 Å². The highest BCUT2D eigenvalue weighted by atomic mass is 16.4. The number of carbonyl (C=O) groups excluding carboxylic acids is 1. The van der Waals surface area contributed by atoms with Crippen LogP contribution in [0.15, 0.2) is 54.6 Å². The maximum absolute atomic E-state index is 12.0. The molecule has 0 saturated heterocycles. The van der Waals surface area contributed by atoms with Gasteiger partial charge in [0.2, 0.25) is 5.91 Å². The van der Waals surface area contributed by atoms with Gasteiger partial charge in [-0.05, 0) is 30.3 Å². The fourth-order valence-corrected chi connectivity index (χ4v) is 2.43. The van der Waals surface area contributed by atoms with Crippen LogP contribution in [0.2, 0.25) is 0 Å². The van der Waals surface area contributed by atoms with Crippen molar-refractivity contribution in [2.75, 3.05) is 25.5 Å². The van der Waals surface area contributed by atoms with Gasteiger partial charge >= 0.3 is 5.97 Å². The average molecular weight is 326 g/mol. The van der Waals surface area contributed by atoms with Gasteiger partial charge in [0.05, 0.1) is 12.5 Å². The van der Waals surface area contributed by atoms with Crippen molar-refractivity contribution in [3.05, 3.63) is 54.6 Å². The minimum atomic E-state index is -0.862. The fourth-order valence-electron chi connectivity index (χ4n) is 2.43. The first-order valence-electron chi connectivity index (χ1n) is 7.82. The zero-order chi connectivity index (χ0) is 17.5. The van der Waals surface area contributed by atoms with E-state index >= 15 is 0 Å². The highest BCUT2D eigenvalue weighted by Gasteiger charge is 2.15. The van der Waals surface area contributed by atoms with Crippen molar-refractivity contribution in [3.8, 4) is 11.1 Å². The SMILES string of the molecule is CC(CN(C)CC(=O)Nc1ccc(-c2ccccc2)cc1)C(=O)O. The van der Waals surface area contributed by atoms with E-state index in [2.05, 4.69) is 5.32 Å². The van der Waals surface area contributed by atoms with Crippen molar-refractivity contribution in [2.24, 2.45) is 5.92 Å². The monoisotopic (exact) mass is 326 g/mol. The zero-order valence-electron chi connectivity index (χ0n) is 13.9. The summed E-state index contributed by atoms with van der Waals surface area (Å²) in [5.74, 6) is -1.53. The number of anilines is 1. The number of carboxylic acids is 1. The van der Waals surface area contributed by atoms with E-state index in [9.17, 15) is 9.59 Å². The molecule has 0 bridgehead atoms. The van der Waals surface area contributed by atoms with Crippen LogP contribution in [0.5, 0.6) is 0 Å². The van der Waals surface area contributed by atoms with Crippen molar-refractivity contribution in [2.45, 2.75) is 6.92 Å². The van der Waals surface area contributed by atoms with E-state index in [4.69, 9.17) is 5.11 Å². The van der Waals surface area contributed by atoms with E-state index in [1.807, 2.05) is 54.6 Å². The van der Waals surface area contributed by atoms with E-state index < -0.39 is 11.9 Å². The number of nitrogens with zero attached hydrogens (tertiary/aromatic N) is 1. The quantitative estimate of drug-likeness (QED) is 0.821. The smallest absolute Gasteiger partial charge is 0.307 e. The first-order valence-corrected chi connectivity index (χ1v) is 7.82. The van der Waals surface area contributed by atoms with E-state index in [1.165, 1.54) is 0 Å². The number of likely N-dealkylation sites (N-methyl/N-ethyl adjacent to an activating group) is 1. The highest BCUT2D eigenvalue weighted by Crippen LogP contribution is 2.20. The first kappa shape index (κ1) is 17.7. The average Bonchev–Trinajstić information content (AvgIpc) is 2.56. The standard InChI is InChI=1S/C19H22N2O3/c1-14(19(23)24)12-21(2)13-18(22)20-17-10-8-16(9-11-17)15-6-4-3-5-7-15/h3-11,14H,12-13H2,1-2H3,(H,20,22)(H,23,24). The van der Waals surface area contributed by atoms with Crippen molar-refractivity contribution in [1.82, 2.24) is 4.90 Å². The lowest BCUT2D eigenvalue weighted by Gasteiger charge is -2.18. The largest absolute Gasteiger partial charge is 0.481 e. The number of benzene rings is 2. The van der Waals surface area contributed by atoms with Gasteiger partial charge in [0.25, 0.3) is 0 Å². The van der Waals surface area contributed by atoms with Gasteiger partial charge in [-0.3, -0.25) is 14.5 Å². The van der Waals surface area contributed by atoms with Crippen LogP contribution in [0.3, 0.4) is 0 Å². The van der Waals surface area contributed by atoms with Gasteiger partial charge in [-0.25, -0.2) is 0 Å². The summed E-state index contributed by atoms with van der Waals surface area (Å²) in [5.41, 5.74) is 2.93. The van der Waals surface area contributed by atoms with Crippen LogP contribution in [-0.2, 0) is 9.59 Å². The van der Waals surface area contributed by atoms with Crippen LogP contribution in [0, 0.1) is 5.92 Å². The van der Waals surface area contributed by atoms with Crippen LogP contribution in [0.1, 0.15) is 6.92 Å². The number of rotatable bonds is 7. The lowest BCUT2D eigenvalue weighted by atomic mass is 10.1. The lowest BCUT2D eigenvalue weighted by molar-refractivity contribution is -0.141. The van der Waals surface area contributed by atoms with Crippen LogP contribution in [0.25, 0.3) is 11.1 Å². The minimum Gasteiger partial charge on any atom is -0.481 e. The molecule has 2 N–H and O–H groups in total. The molecule has 0 saturated carbocycles. The maximum atomic E-state index is 12.0.